The first kappa shape index (κ1) is 14.1. The highest BCUT2D eigenvalue weighted by atomic mass is 32.1. The summed E-state index contributed by atoms with van der Waals surface area (Å²) in [4.78, 5) is 1.62. The predicted molar refractivity (Wildman–Crippen MR) is 82.5 cm³/mol. The second-order valence-corrected chi connectivity index (χ2v) is 7.17. The van der Waals surface area contributed by atoms with E-state index < -0.39 is 0 Å². The first-order valence-electron chi connectivity index (χ1n) is 7.85. The van der Waals surface area contributed by atoms with Crippen molar-refractivity contribution in [3.8, 4) is 0 Å². The molecule has 0 atom stereocenters. The molecular weight excluding hydrogens is 236 g/mol. The second-order valence-electron chi connectivity index (χ2n) is 6.22. The summed E-state index contributed by atoms with van der Waals surface area (Å²) >= 11 is 1.97. The van der Waals surface area contributed by atoms with Crippen molar-refractivity contribution in [3.63, 3.8) is 0 Å². The Morgan fingerprint density at radius 1 is 0.833 bits per heavy atom. The smallest absolute Gasteiger partial charge is 0.0104 e. The Labute approximate surface area is 117 Å². The summed E-state index contributed by atoms with van der Waals surface area (Å²) in [6.45, 7) is 2.50. The van der Waals surface area contributed by atoms with Crippen molar-refractivity contribution in [2.75, 3.05) is 0 Å². The van der Waals surface area contributed by atoms with Gasteiger partial charge in [0.1, 0.15) is 0 Å². The van der Waals surface area contributed by atoms with Crippen molar-refractivity contribution in [2.24, 2.45) is 0 Å². The Morgan fingerprint density at radius 2 is 1.33 bits per heavy atom. The van der Waals surface area contributed by atoms with E-state index in [0.717, 1.165) is 0 Å². The molecule has 1 aromatic heterocycles. The Bertz CT molecular complexity index is 300. The van der Waals surface area contributed by atoms with Gasteiger partial charge in [0.15, 0.2) is 0 Å². The summed E-state index contributed by atoms with van der Waals surface area (Å²) in [5, 5.41) is 2.25. The summed E-state index contributed by atoms with van der Waals surface area (Å²) in [6.07, 6.45) is 15.9. The third-order valence-corrected chi connectivity index (χ3v) is 5.75. The van der Waals surface area contributed by atoms with Crippen LogP contribution in [0.1, 0.15) is 82.4 Å². The molecule has 1 heteroatoms. The quantitative estimate of drug-likeness (QED) is 0.557. The van der Waals surface area contributed by atoms with Crippen LogP contribution in [0.5, 0.6) is 0 Å². The SMILES string of the molecule is CC1(c2cccs2)CCCCCCCCCCC1. The molecule has 0 unspecified atom stereocenters. The van der Waals surface area contributed by atoms with Crippen LogP contribution in [0.3, 0.4) is 0 Å². The van der Waals surface area contributed by atoms with Crippen molar-refractivity contribution in [2.45, 2.75) is 83.0 Å². The van der Waals surface area contributed by atoms with E-state index in [1.807, 2.05) is 11.3 Å². The van der Waals surface area contributed by atoms with Crippen LogP contribution in [-0.4, -0.2) is 0 Å². The molecule has 1 aromatic rings. The second kappa shape index (κ2) is 7.33. The zero-order valence-corrected chi connectivity index (χ0v) is 12.7. The van der Waals surface area contributed by atoms with Crippen LogP contribution in [-0.2, 0) is 5.41 Å². The highest BCUT2D eigenvalue weighted by molar-refractivity contribution is 7.10. The van der Waals surface area contributed by atoms with E-state index in [9.17, 15) is 0 Å². The molecule has 0 nitrogen and oxygen atoms in total. The van der Waals surface area contributed by atoms with Crippen LogP contribution in [0.2, 0.25) is 0 Å². The minimum absolute atomic E-state index is 0.466. The van der Waals surface area contributed by atoms with Gasteiger partial charge in [0, 0.05) is 10.3 Å². The van der Waals surface area contributed by atoms with Crippen molar-refractivity contribution < 1.29 is 0 Å². The number of thiophene rings is 1. The van der Waals surface area contributed by atoms with E-state index in [1.165, 1.54) is 70.6 Å². The summed E-state index contributed by atoms with van der Waals surface area (Å²) < 4.78 is 0. The molecule has 0 radical (unpaired) electrons. The molecule has 1 saturated carbocycles. The van der Waals surface area contributed by atoms with Crippen LogP contribution >= 0.6 is 11.3 Å². The van der Waals surface area contributed by atoms with Crippen LogP contribution < -0.4 is 0 Å². The fraction of sp³-hybridized carbons (Fsp3) is 0.765. The molecule has 0 saturated heterocycles. The molecule has 1 aliphatic rings. The van der Waals surface area contributed by atoms with E-state index in [0.29, 0.717) is 5.41 Å². The molecule has 0 aliphatic heterocycles. The molecule has 0 amide bonds. The van der Waals surface area contributed by atoms with E-state index in [4.69, 9.17) is 0 Å². The standard InChI is InChI=1S/C17H28S/c1-17(16-12-11-15-18-16)13-9-7-5-3-2-4-6-8-10-14-17/h11-12,15H,2-10,13-14H2,1H3. The lowest BCUT2D eigenvalue weighted by atomic mass is 9.78. The van der Waals surface area contributed by atoms with E-state index in [1.54, 1.807) is 4.88 Å². The molecule has 102 valence electrons. The Kier molecular flexibility index (Phi) is 5.75. The summed E-state index contributed by atoms with van der Waals surface area (Å²) in [7, 11) is 0. The Balaban J connectivity index is 1.96. The van der Waals surface area contributed by atoms with Gasteiger partial charge >= 0.3 is 0 Å². The first-order chi connectivity index (χ1) is 8.81. The van der Waals surface area contributed by atoms with Gasteiger partial charge in [-0.2, -0.15) is 0 Å². The van der Waals surface area contributed by atoms with Crippen LogP contribution in [0.4, 0.5) is 0 Å². The Morgan fingerprint density at radius 3 is 1.78 bits per heavy atom. The van der Waals surface area contributed by atoms with Crippen molar-refractivity contribution >= 4 is 11.3 Å². The largest absolute Gasteiger partial charge is 0.148 e. The van der Waals surface area contributed by atoms with Gasteiger partial charge in [0.05, 0.1) is 0 Å². The molecule has 0 N–H and O–H groups in total. The summed E-state index contributed by atoms with van der Waals surface area (Å²) in [5.74, 6) is 0. The normalized spacial score (nSPS) is 22.9. The lowest BCUT2D eigenvalue weighted by Crippen LogP contribution is -2.20. The number of hydrogen-bond donors (Lipinski definition) is 0. The van der Waals surface area contributed by atoms with Gasteiger partial charge in [-0.3, -0.25) is 0 Å². The average Bonchev–Trinajstić information content (AvgIpc) is 2.88. The molecule has 0 aromatic carbocycles. The van der Waals surface area contributed by atoms with Crippen molar-refractivity contribution in [3.05, 3.63) is 22.4 Å². The summed E-state index contributed by atoms with van der Waals surface area (Å²) in [6, 6.07) is 4.58. The fourth-order valence-corrected chi connectivity index (χ4v) is 4.21. The van der Waals surface area contributed by atoms with Crippen LogP contribution in [0.25, 0.3) is 0 Å². The molecule has 1 heterocycles. The maximum Gasteiger partial charge on any atom is 0.0104 e. The van der Waals surface area contributed by atoms with E-state index in [2.05, 4.69) is 24.4 Å². The van der Waals surface area contributed by atoms with Crippen molar-refractivity contribution in [1.82, 2.24) is 0 Å². The molecule has 18 heavy (non-hydrogen) atoms. The lowest BCUT2D eigenvalue weighted by molar-refractivity contribution is 0.362. The third kappa shape index (κ3) is 4.12. The van der Waals surface area contributed by atoms with Gasteiger partial charge < -0.3 is 0 Å². The lowest BCUT2D eigenvalue weighted by Gasteiger charge is -2.29. The molecule has 0 bridgehead atoms. The van der Waals surface area contributed by atoms with Gasteiger partial charge in [-0.1, -0.05) is 70.8 Å². The van der Waals surface area contributed by atoms with E-state index >= 15 is 0 Å². The molecule has 1 fully saturated rings. The number of hydrogen-bond acceptors (Lipinski definition) is 1. The maximum absolute atomic E-state index is 2.50. The van der Waals surface area contributed by atoms with Gasteiger partial charge in [0.25, 0.3) is 0 Å². The topological polar surface area (TPSA) is 0 Å². The number of rotatable bonds is 1. The van der Waals surface area contributed by atoms with E-state index in [-0.39, 0.29) is 0 Å². The highest BCUT2D eigenvalue weighted by Crippen LogP contribution is 2.38. The first-order valence-corrected chi connectivity index (χ1v) is 8.73. The molecule has 2 rings (SSSR count). The van der Waals surface area contributed by atoms with Crippen LogP contribution in [0.15, 0.2) is 17.5 Å². The third-order valence-electron chi connectivity index (χ3n) is 4.57. The fourth-order valence-electron chi connectivity index (χ4n) is 3.26. The molecular formula is C17H28S. The zero-order chi connectivity index (χ0) is 12.7. The average molecular weight is 264 g/mol. The minimum atomic E-state index is 0.466. The zero-order valence-electron chi connectivity index (χ0n) is 11.9. The molecule has 0 spiro atoms. The maximum atomic E-state index is 2.50. The van der Waals surface area contributed by atoms with Gasteiger partial charge in [-0.25, -0.2) is 0 Å². The molecule has 1 aliphatic carbocycles. The van der Waals surface area contributed by atoms with Crippen LogP contribution in [0, 0.1) is 0 Å². The Hall–Kier alpha value is -0.300. The van der Waals surface area contributed by atoms with Gasteiger partial charge in [0.2, 0.25) is 0 Å². The van der Waals surface area contributed by atoms with Crippen molar-refractivity contribution in [1.29, 1.82) is 0 Å². The van der Waals surface area contributed by atoms with Gasteiger partial charge in [-0.15, -0.1) is 11.3 Å². The highest BCUT2D eigenvalue weighted by Gasteiger charge is 2.26. The predicted octanol–water partition coefficient (Wildman–Crippen LogP) is 6.31. The summed E-state index contributed by atoms with van der Waals surface area (Å²) in [5.41, 5.74) is 0.466. The van der Waals surface area contributed by atoms with Gasteiger partial charge in [-0.05, 0) is 24.3 Å². The minimum Gasteiger partial charge on any atom is -0.148 e. The monoisotopic (exact) mass is 264 g/mol.